The van der Waals surface area contributed by atoms with Crippen LogP contribution < -0.4 is 5.56 Å². The van der Waals surface area contributed by atoms with Gasteiger partial charge in [0.15, 0.2) is 16.6 Å². The molecule has 23 heavy (non-hydrogen) atoms. The second-order valence-corrected chi connectivity index (χ2v) is 5.88. The fraction of sp³-hybridized carbons (Fsp3) is 0.267. The fourth-order valence-electron chi connectivity index (χ4n) is 2.48. The first kappa shape index (κ1) is 15.5. The van der Waals surface area contributed by atoms with Gasteiger partial charge in [-0.3, -0.25) is 4.79 Å². The molecule has 0 saturated carbocycles. The summed E-state index contributed by atoms with van der Waals surface area (Å²) in [6, 6.07) is 2.07. The van der Waals surface area contributed by atoms with Gasteiger partial charge in [0, 0.05) is 17.7 Å². The standard InChI is InChI=1S/C15H14ClFN4O2/c1-7(2)21-15(8(3)6-18-21)20-12(23)5-11(22)9-4-10(17)13(16)19-14(9)20/h4-7,22H,1-3H3. The Balaban J connectivity index is 2.50. The molecule has 0 radical (unpaired) electrons. The highest BCUT2D eigenvalue weighted by Gasteiger charge is 2.20. The third-order valence-electron chi connectivity index (χ3n) is 3.53. The van der Waals surface area contributed by atoms with E-state index in [-0.39, 0.29) is 28.0 Å². The van der Waals surface area contributed by atoms with Gasteiger partial charge in [-0.25, -0.2) is 18.6 Å². The molecule has 0 atom stereocenters. The van der Waals surface area contributed by atoms with E-state index in [1.807, 2.05) is 13.8 Å². The first-order chi connectivity index (χ1) is 10.8. The van der Waals surface area contributed by atoms with Crippen molar-refractivity contribution in [1.29, 1.82) is 0 Å². The largest absolute Gasteiger partial charge is 0.507 e. The van der Waals surface area contributed by atoms with E-state index >= 15 is 0 Å². The molecular weight excluding hydrogens is 323 g/mol. The zero-order chi connectivity index (χ0) is 16.9. The summed E-state index contributed by atoms with van der Waals surface area (Å²) >= 11 is 5.76. The highest BCUT2D eigenvalue weighted by molar-refractivity contribution is 6.30. The number of halogens is 2. The number of hydrogen-bond acceptors (Lipinski definition) is 4. The van der Waals surface area contributed by atoms with Crippen molar-refractivity contribution in [3.05, 3.63) is 45.2 Å². The highest BCUT2D eigenvalue weighted by Crippen LogP contribution is 2.28. The van der Waals surface area contributed by atoms with Crippen molar-refractivity contribution < 1.29 is 9.50 Å². The first-order valence-electron chi connectivity index (χ1n) is 6.96. The number of pyridine rings is 2. The Kier molecular flexibility index (Phi) is 3.60. The lowest BCUT2D eigenvalue weighted by atomic mass is 10.2. The summed E-state index contributed by atoms with van der Waals surface area (Å²) < 4.78 is 16.6. The molecule has 1 N–H and O–H groups in total. The number of hydrogen-bond donors (Lipinski definition) is 1. The highest BCUT2D eigenvalue weighted by atomic mass is 35.5. The van der Waals surface area contributed by atoms with E-state index in [1.165, 1.54) is 4.57 Å². The number of fused-ring (bicyclic) bond motifs is 1. The summed E-state index contributed by atoms with van der Waals surface area (Å²) in [6.07, 6.45) is 1.63. The molecule has 120 valence electrons. The minimum absolute atomic E-state index is 0.00891. The van der Waals surface area contributed by atoms with E-state index in [0.717, 1.165) is 17.7 Å². The van der Waals surface area contributed by atoms with Crippen molar-refractivity contribution >= 4 is 22.6 Å². The molecule has 0 aliphatic carbocycles. The lowest BCUT2D eigenvalue weighted by Gasteiger charge is -2.16. The Morgan fingerprint density at radius 2 is 2.04 bits per heavy atom. The normalized spacial score (nSPS) is 11.6. The molecule has 0 spiro atoms. The van der Waals surface area contributed by atoms with Crippen LogP contribution in [0.1, 0.15) is 25.5 Å². The van der Waals surface area contributed by atoms with Crippen LogP contribution in [0.4, 0.5) is 4.39 Å². The molecule has 8 heteroatoms. The van der Waals surface area contributed by atoms with Crippen LogP contribution in [-0.4, -0.2) is 24.4 Å². The summed E-state index contributed by atoms with van der Waals surface area (Å²) in [6.45, 7) is 5.64. The molecule has 3 aromatic heterocycles. The molecule has 0 bridgehead atoms. The molecule has 0 unspecified atom stereocenters. The predicted octanol–water partition coefficient (Wildman–Crippen LogP) is 2.97. The van der Waals surface area contributed by atoms with Crippen molar-refractivity contribution in [3.63, 3.8) is 0 Å². The van der Waals surface area contributed by atoms with Gasteiger partial charge in [-0.2, -0.15) is 5.10 Å². The van der Waals surface area contributed by atoms with Crippen molar-refractivity contribution in [1.82, 2.24) is 19.3 Å². The Labute approximate surface area is 135 Å². The summed E-state index contributed by atoms with van der Waals surface area (Å²) in [5.41, 5.74) is 0.317. The molecular formula is C15H14ClFN4O2. The molecule has 0 saturated heterocycles. The van der Waals surface area contributed by atoms with E-state index in [2.05, 4.69) is 10.1 Å². The van der Waals surface area contributed by atoms with Gasteiger partial charge in [0.05, 0.1) is 11.6 Å². The van der Waals surface area contributed by atoms with E-state index < -0.39 is 11.4 Å². The van der Waals surface area contributed by atoms with Crippen molar-refractivity contribution in [2.75, 3.05) is 0 Å². The van der Waals surface area contributed by atoms with Crippen molar-refractivity contribution in [2.45, 2.75) is 26.8 Å². The van der Waals surface area contributed by atoms with Crippen molar-refractivity contribution in [2.24, 2.45) is 0 Å². The van der Waals surface area contributed by atoms with E-state index in [0.29, 0.717) is 5.82 Å². The molecule has 0 aliphatic rings. The van der Waals surface area contributed by atoms with Crippen LogP contribution in [0, 0.1) is 12.7 Å². The quantitative estimate of drug-likeness (QED) is 0.730. The van der Waals surface area contributed by atoms with Crippen LogP contribution >= 0.6 is 11.6 Å². The van der Waals surface area contributed by atoms with Gasteiger partial charge in [0.25, 0.3) is 5.56 Å². The molecule has 3 rings (SSSR count). The van der Waals surface area contributed by atoms with Gasteiger partial charge in [-0.1, -0.05) is 11.6 Å². The smallest absolute Gasteiger partial charge is 0.261 e. The Morgan fingerprint density at radius 3 is 2.70 bits per heavy atom. The Morgan fingerprint density at radius 1 is 1.35 bits per heavy atom. The van der Waals surface area contributed by atoms with Gasteiger partial charge >= 0.3 is 0 Å². The lowest BCUT2D eigenvalue weighted by molar-refractivity contribution is 0.478. The third-order valence-corrected chi connectivity index (χ3v) is 3.79. The van der Waals surface area contributed by atoms with Crippen LogP contribution in [0.25, 0.3) is 16.9 Å². The zero-order valence-electron chi connectivity index (χ0n) is 12.7. The molecule has 0 amide bonds. The number of aromatic nitrogens is 4. The molecule has 0 aromatic carbocycles. The van der Waals surface area contributed by atoms with Crippen LogP contribution in [-0.2, 0) is 0 Å². The minimum atomic E-state index is -0.770. The predicted molar refractivity (Wildman–Crippen MR) is 84.9 cm³/mol. The number of aromatic hydroxyl groups is 1. The maximum Gasteiger partial charge on any atom is 0.261 e. The maximum absolute atomic E-state index is 13.7. The van der Waals surface area contributed by atoms with Gasteiger partial charge in [-0.15, -0.1) is 0 Å². The van der Waals surface area contributed by atoms with Crippen LogP contribution in [0.2, 0.25) is 5.15 Å². The first-order valence-corrected chi connectivity index (χ1v) is 7.34. The number of nitrogens with zero attached hydrogens (tertiary/aromatic N) is 4. The van der Waals surface area contributed by atoms with E-state index in [1.54, 1.807) is 17.8 Å². The van der Waals surface area contributed by atoms with Gasteiger partial charge < -0.3 is 5.11 Å². The fourth-order valence-corrected chi connectivity index (χ4v) is 2.62. The third kappa shape index (κ3) is 2.37. The second kappa shape index (κ2) is 5.34. The zero-order valence-corrected chi connectivity index (χ0v) is 13.5. The SMILES string of the molecule is Cc1cnn(C(C)C)c1-n1c(=O)cc(O)c2cc(F)c(Cl)nc21. The molecule has 0 fully saturated rings. The van der Waals surface area contributed by atoms with E-state index in [4.69, 9.17) is 11.6 Å². The van der Waals surface area contributed by atoms with Crippen molar-refractivity contribution in [3.8, 4) is 11.6 Å². The average molecular weight is 337 g/mol. The monoisotopic (exact) mass is 336 g/mol. The van der Waals surface area contributed by atoms with Crippen LogP contribution in [0.3, 0.4) is 0 Å². The summed E-state index contributed by atoms with van der Waals surface area (Å²) in [7, 11) is 0. The van der Waals surface area contributed by atoms with Gasteiger partial charge in [0.1, 0.15) is 11.6 Å². The van der Waals surface area contributed by atoms with Crippen LogP contribution in [0.15, 0.2) is 23.1 Å². The maximum atomic E-state index is 13.7. The summed E-state index contributed by atoms with van der Waals surface area (Å²) in [4.78, 5) is 16.4. The van der Waals surface area contributed by atoms with Gasteiger partial charge in [0.2, 0.25) is 0 Å². The Hall–Kier alpha value is -2.41. The topological polar surface area (TPSA) is 72.9 Å². The minimum Gasteiger partial charge on any atom is -0.507 e. The average Bonchev–Trinajstić information content (AvgIpc) is 2.84. The lowest BCUT2D eigenvalue weighted by Crippen LogP contribution is -2.23. The number of aryl methyl sites for hydroxylation is 1. The van der Waals surface area contributed by atoms with Crippen LogP contribution in [0.5, 0.6) is 5.75 Å². The Bertz CT molecular complexity index is 978. The summed E-state index contributed by atoms with van der Waals surface area (Å²) in [5, 5.41) is 13.9. The molecule has 6 nitrogen and oxygen atoms in total. The molecule has 0 aliphatic heterocycles. The van der Waals surface area contributed by atoms with E-state index in [9.17, 15) is 14.3 Å². The molecule has 3 heterocycles. The summed E-state index contributed by atoms with van der Waals surface area (Å²) in [5.74, 6) is -0.614. The second-order valence-electron chi connectivity index (χ2n) is 5.52. The number of rotatable bonds is 2. The molecule has 3 aromatic rings. The van der Waals surface area contributed by atoms with Gasteiger partial charge in [-0.05, 0) is 26.8 Å².